The minimum absolute atomic E-state index is 0.0728. The molecule has 0 aliphatic heterocycles. The highest BCUT2D eigenvalue weighted by Crippen LogP contribution is 2.32. The Kier molecular flexibility index (Phi) is 4.73. The van der Waals surface area contributed by atoms with Crippen molar-refractivity contribution in [1.29, 1.82) is 0 Å². The Morgan fingerprint density at radius 1 is 1.30 bits per heavy atom. The number of methoxy groups -OCH3 is 1. The SMILES string of the molecule is CCNC(c1ccc(Cl)c(OC)c1)c1cc(C)oc1C. The van der Waals surface area contributed by atoms with Gasteiger partial charge < -0.3 is 14.5 Å². The summed E-state index contributed by atoms with van der Waals surface area (Å²) in [6.07, 6.45) is 0. The molecule has 0 fully saturated rings. The van der Waals surface area contributed by atoms with Gasteiger partial charge in [-0.15, -0.1) is 0 Å². The quantitative estimate of drug-likeness (QED) is 0.894. The van der Waals surface area contributed by atoms with Gasteiger partial charge in [0.15, 0.2) is 0 Å². The van der Waals surface area contributed by atoms with Gasteiger partial charge >= 0.3 is 0 Å². The molecule has 1 unspecified atom stereocenters. The average Bonchev–Trinajstić information content (AvgIpc) is 2.75. The number of aryl methyl sites for hydroxylation is 2. The smallest absolute Gasteiger partial charge is 0.137 e. The fraction of sp³-hybridized carbons (Fsp3) is 0.375. The maximum absolute atomic E-state index is 6.10. The second-order valence-corrected chi connectivity index (χ2v) is 5.16. The van der Waals surface area contributed by atoms with Crippen LogP contribution < -0.4 is 10.1 Å². The standard InChI is InChI=1S/C16H20ClNO2/c1-5-18-16(13-8-10(2)20-11(13)3)12-6-7-14(17)15(9-12)19-4/h6-9,16,18H,5H2,1-4H3. The molecule has 4 heteroatoms. The average molecular weight is 294 g/mol. The van der Waals surface area contributed by atoms with E-state index in [0.29, 0.717) is 10.8 Å². The summed E-state index contributed by atoms with van der Waals surface area (Å²) in [4.78, 5) is 0. The van der Waals surface area contributed by atoms with Crippen LogP contribution in [0.3, 0.4) is 0 Å². The highest BCUT2D eigenvalue weighted by atomic mass is 35.5. The van der Waals surface area contributed by atoms with Gasteiger partial charge in [-0.25, -0.2) is 0 Å². The summed E-state index contributed by atoms with van der Waals surface area (Å²) in [5.74, 6) is 2.54. The zero-order chi connectivity index (χ0) is 14.7. The molecule has 1 aromatic carbocycles. The molecular weight excluding hydrogens is 274 g/mol. The molecule has 0 radical (unpaired) electrons. The highest BCUT2D eigenvalue weighted by molar-refractivity contribution is 6.32. The van der Waals surface area contributed by atoms with Crippen molar-refractivity contribution in [1.82, 2.24) is 5.32 Å². The van der Waals surface area contributed by atoms with Crippen LogP contribution in [0.25, 0.3) is 0 Å². The number of benzene rings is 1. The highest BCUT2D eigenvalue weighted by Gasteiger charge is 2.19. The van der Waals surface area contributed by atoms with E-state index in [1.807, 2.05) is 32.0 Å². The van der Waals surface area contributed by atoms with Gasteiger partial charge in [0.2, 0.25) is 0 Å². The molecule has 0 saturated heterocycles. The molecule has 3 nitrogen and oxygen atoms in total. The molecule has 0 amide bonds. The first kappa shape index (κ1) is 14.9. The van der Waals surface area contributed by atoms with E-state index in [4.69, 9.17) is 20.8 Å². The molecule has 1 N–H and O–H groups in total. The van der Waals surface area contributed by atoms with E-state index in [1.165, 1.54) is 0 Å². The van der Waals surface area contributed by atoms with Gasteiger partial charge in [-0.1, -0.05) is 24.6 Å². The number of ether oxygens (including phenoxy) is 1. The van der Waals surface area contributed by atoms with Crippen LogP contribution in [0.5, 0.6) is 5.75 Å². The normalized spacial score (nSPS) is 12.4. The Labute approximate surface area is 124 Å². The zero-order valence-corrected chi connectivity index (χ0v) is 13.0. The molecule has 108 valence electrons. The van der Waals surface area contributed by atoms with Crippen molar-refractivity contribution in [2.45, 2.75) is 26.8 Å². The Morgan fingerprint density at radius 3 is 2.60 bits per heavy atom. The molecule has 20 heavy (non-hydrogen) atoms. The second-order valence-electron chi connectivity index (χ2n) is 4.75. The Bertz CT molecular complexity index is 592. The van der Waals surface area contributed by atoms with Crippen LogP contribution in [0.15, 0.2) is 28.7 Å². The predicted octanol–water partition coefficient (Wildman–Crippen LogP) is 4.26. The van der Waals surface area contributed by atoms with Gasteiger partial charge in [0, 0.05) is 5.56 Å². The van der Waals surface area contributed by atoms with Gasteiger partial charge in [0.25, 0.3) is 0 Å². The molecule has 1 heterocycles. The minimum atomic E-state index is 0.0728. The summed E-state index contributed by atoms with van der Waals surface area (Å²) < 4.78 is 10.9. The van der Waals surface area contributed by atoms with Crippen LogP contribution in [0.2, 0.25) is 5.02 Å². The summed E-state index contributed by atoms with van der Waals surface area (Å²) >= 11 is 6.10. The predicted molar refractivity (Wildman–Crippen MR) is 81.7 cm³/mol. The van der Waals surface area contributed by atoms with Crippen molar-refractivity contribution in [2.75, 3.05) is 13.7 Å². The first-order chi connectivity index (χ1) is 9.56. The van der Waals surface area contributed by atoms with Crippen LogP contribution in [0.4, 0.5) is 0 Å². The van der Waals surface area contributed by atoms with Gasteiger partial charge in [-0.05, 0) is 44.2 Å². The molecule has 1 aromatic heterocycles. The van der Waals surface area contributed by atoms with Crippen LogP contribution in [0.1, 0.15) is 35.6 Å². The topological polar surface area (TPSA) is 34.4 Å². The number of rotatable bonds is 5. The Balaban J connectivity index is 2.45. The van der Waals surface area contributed by atoms with Gasteiger partial charge in [-0.2, -0.15) is 0 Å². The van der Waals surface area contributed by atoms with E-state index in [9.17, 15) is 0 Å². The molecule has 2 rings (SSSR count). The summed E-state index contributed by atoms with van der Waals surface area (Å²) in [5.41, 5.74) is 2.26. The lowest BCUT2D eigenvalue weighted by Crippen LogP contribution is -2.22. The van der Waals surface area contributed by atoms with Crippen molar-refractivity contribution in [2.24, 2.45) is 0 Å². The third-order valence-corrected chi connectivity index (χ3v) is 3.62. The first-order valence-corrected chi connectivity index (χ1v) is 7.08. The maximum atomic E-state index is 6.10. The summed E-state index contributed by atoms with van der Waals surface area (Å²) in [6, 6.07) is 7.99. The monoisotopic (exact) mass is 293 g/mol. The van der Waals surface area contributed by atoms with Crippen LogP contribution in [-0.4, -0.2) is 13.7 Å². The third kappa shape index (κ3) is 3.00. The number of furan rings is 1. The Morgan fingerprint density at radius 2 is 2.05 bits per heavy atom. The van der Waals surface area contributed by atoms with Crippen molar-refractivity contribution in [3.05, 3.63) is 51.9 Å². The van der Waals surface area contributed by atoms with Crippen molar-refractivity contribution >= 4 is 11.6 Å². The lowest BCUT2D eigenvalue weighted by molar-refractivity contribution is 0.413. The third-order valence-electron chi connectivity index (χ3n) is 3.31. The van der Waals surface area contributed by atoms with Crippen molar-refractivity contribution < 1.29 is 9.15 Å². The van der Waals surface area contributed by atoms with Crippen LogP contribution in [-0.2, 0) is 0 Å². The van der Waals surface area contributed by atoms with Crippen molar-refractivity contribution in [3.8, 4) is 5.75 Å². The number of hydrogen-bond acceptors (Lipinski definition) is 3. The largest absolute Gasteiger partial charge is 0.495 e. The van der Waals surface area contributed by atoms with E-state index < -0.39 is 0 Å². The summed E-state index contributed by atoms with van der Waals surface area (Å²) in [6.45, 7) is 6.89. The van der Waals surface area contributed by atoms with Crippen molar-refractivity contribution in [3.63, 3.8) is 0 Å². The maximum Gasteiger partial charge on any atom is 0.137 e. The fourth-order valence-electron chi connectivity index (χ4n) is 2.40. The molecule has 0 aliphatic carbocycles. The van der Waals surface area contributed by atoms with Crippen LogP contribution >= 0.6 is 11.6 Å². The van der Waals surface area contributed by atoms with Gasteiger partial charge in [-0.3, -0.25) is 0 Å². The van der Waals surface area contributed by atoms with E-state index in [1.54, 1.807) is 7.11 Å². The van der Waals surface area contributed by atoms with E-state index in [2.05, 4.69) is 18.3 Å². The summed E-state index contributed by atoms with van der Waals surface area (Å²) in [5, 5.41) is 4.10. The minimum Gasteiger partial charge on any atom is -0.495 e. The lowest BCUT2D eigenvalue weighted by Gasteiger charge is -2.19. The van der Waals surface area contributed by atoms with E-state index in [-0.39, 0.29) is 6.04 Å². The van der Waals surface area contributed by atoms with E-state index >= 15 is 0 Å². The second kappa shape index (κ2) is 6.33. The van der Waals surface area contributed by atoms with E-state index in [0.717, 1.165) is 29.2 Å². The molecule has 0 bridgehead atoms. The van der Waals surface area contributed by atoms with Gasteiger partial charge in [0.05, 0.1) is 18.2 Å². The van der Waals surface area contributed by atoms with Crippen LogP contribution in [0, 0.1) is 13.8 Å². The first-order valence-electron chi connectivity index (χ1n) is 6.70. The molecule has 0 aliphatic rings. The molecule has 0 spiro atoms. The Hall–Kier alpha value is -1.45. The molecular formula is C16H20ClNO2. The zero-order valence-electron chi connectivity index (χ0n) is 12.3. The summed E-state index contributed by atoms with van der Waals surface area (Å²) in [7, 11) is 1.63. The lowest BCUT2D eigenvalue weighted by atomic mass is 9.98. The number of nitrogens with one attached hydrogen (secondary N) is 1. The number of halogens is 1. The number of hydrogen-bond donors (Lipinski definition) is 1. The molecule has 2 aromatic rings. The molecule has 1 atom stereocenters. The molecule has 0 saturated carbocycles. The fourth-order valence-corrected chi connectivity index (χ4v) is 2.60. The van der Waals surface area contributed by atoms with Gasteiger partial charge in [0.1, 0.15) is 17.3 Å².